The number of nitrogens with zero attached hydrogens (tertiary/aromatic N) is 1. The molecule has 16 heavy (non-hydrogen) atoms. The Balaban J connectivity index is 3.60. The first-order valence-corrected chi connectivity index (χ1v) is 6.84. The van der Waals surface area contributed by atoms with Gasteiger partial charge in [-0.2, -0.15) is 0 Å². The fourth-order valence-corrected chi connectivity index (χ4v) is 2.48. The van der Waals surface area contributed by atoms with Crippen LogP contribution in [0.5, 0.6) is 5.75 Å². The Kier molecular flexibility index (Phi) is 3.76. The second-order valence-electron chi connectivity index (χ2n) is 2.65. The molecule has 1 aromatic rings. The van der Waals surface area contributed by atoms with Gasteiger partial charge in [0.2, 0.25) is 0 Å². The van der Waals surface area contributed by atoms with Gasteiger partial charge in [0.05, 0.1) is 16.5 Å². The molecule has 9 heteroatoms. The lowest BCUT2D eigenvalue weighted by Gasteiger charge is -2.06. The standard InChI is InChI=1S/C7H5BrClNO5S/c1-15-6-2-4(8)5(10(11)12)3-7(6)16(9,13)14/h2-3H,1H3. The molecular weight excluding hydrogens is 326 g/mol. The maximum absolute atomic E-state index is 11.1. The van der Waals surface area contributed by atoms with E-state index in [2.05, 4.69) is 15.9 Å². The monoisotopic (exact) mass is 329 g/mol. The van der Waals surface area contributed by atoms with Gasteiger partial charge in [0, 0.05) is 22.8 Å². The van der Waals surface area contributed by atoms with Crippen molar-refractivity contribution >= 4 is 41.4 Å². The van der Waals surface area contributed by atoms with Crippen LogP contribution in [0.25, 0.3) is 0 Å². The van der Waals surface area contributed by atoms with Crippen LogP contribution >= 0.6 is 26.6 Å². The van der Waals surface area contributed by atoms with Crippen molar-refractivity contribution in [1.82, 2.24) is 0 Å². The van der Waals surface area contributed by atoms with E-state index < -0.39 is 24.6 Å². The predicted molar refractivity (Wildman–Crippen MR) is 60.4 cm³/mol. The van der Waals surface area contributed by atoms with Crippen LogP contribution in [-0.2, 0) is 9.05 Å². The molecule has 0 radical (unpaired) electrons. The fraction of sp³-hybridized carbons (Fsp3) is 0.143. The van der Waals surface area contributed by atoms with Crippen LogP contribution in [0.4, 0.5) is 5.69 Å². The molecule has 0 amide bonds. The Labute approximate surface area is 104 Å². The molecule has 0 spiro atoms. The second-order valence-corrected chi connectivity index (χ2v) is 6.04. The number of rotatable bonds is 3. The maximum Gasteiger partial charge on any atom is 0.285 e. The lowest BCUT2D eigenvalue weighted by atomic mass is 10.3. The molecule has 0 N–H and O–H groups in total. The molecule has 0 aliphatic carbocycles. The minimum atomic E-state index is -4.10. The zero-order valence-electron chi connectivity index (χ0n) is 7.81. The predicted octanol–water partition coefficient (Wildman–Crippen LogP) is 2.29. The van der Waals surface area contributed by atoms with Crippen molar-refractivity contribution < 1.29 is 18.1 Å². The van der Waals surface area contributed by atoms with Crippen LogP contribution in [0.2, 0.25) is 0 Å². The van der Waals surface area contributed by atoms with E-state index in [0.29, 0.717) is 0 Å². The van der Waals surface area contributed by atoms with Crippen molar-refractivity contribution in [2.24, 2.45) is 0 Å². The third-order valence-corrected chi connectivity index (χ3v) is 3.67. The van der Waals surface area contributed by atoms with E-state index in [1.807, 2.05) is 0 Å². The Hall–Kier alpha value is -0.860. The van der Waals surface area contributed by atoms with Gasteiger partial charge in [-0.05, 0) is 15.9 Å². The van der Waals surface area contributed by atoms with E-state index in [9.17, 15) is 18.5 Å². The number of methoxy groups -OCH3 is 1. The third-order valence-electron chi connectivity index (χ3n) is 1.69. The van der Waals surface area contributed by atoms with Crippen molar-refractivity contribution in [3.63, 3.8) is 0 Å². The van der Waals surface area contributed by atoms with Gasteiger partial charge >= 0.3 is 0 Å². The second kappa shape index (κ2) is 4.56. The molecule has 0 aliphatic rings. The van der Waals surface area contributed by atoms with Crippen LogP contribution in [0.3, 0.4) is 0 Å². The number of nitro benzene ring substituents is 1. The highest BCUT2D eigenvalue weighted by Gasteiger charge is 2.24. The summed E-state index contributed by atoms with van der Waals surface area (Å²) in [5.41, 5.74) is -0.403. The highest BCUT2D eigenvalue weighted by atomic mass is 79.9. The van der Waals surface area contributed by atoms with Crippen molar-refractivity contribution in [2.45, 2.75) is 4.90 Å². The number of ether oxygens (including phenoxy) is 1. The number of halogens is 2. The number of benzene rings is 1. The molecule has 0 bridgehead atoms. The van der Waals surface area contributed by atoms with Gasteiger partial charge in [-0.25, -0.2) is 8.42 Å². The van der Waals surface area contributed by atoms with Gasteiger partial charge in [-0.3, -0.25) is 10.1 Å². The van der Waals surface area contributed by atoms with Crippen LogP contribution in [0, 0.1) is 10.1 Å². The van der Waals surface area contributed by atoms with Gasteiger partial charge in [-0.1, -0.05) is 0 Å². The van der Waals surface area contributed by atoms with Gasteiger partial charge in [0.15, 0.2) is 0 Å². The molecule has 0 saturated carbocycles. The SMILES string of the molecule is COc1cc(Br)c([N+](=O)[O-])cc1S(=O)(=O)Cl. The van der Waals surface area contributed by atoms with Gasteiger partial charge in [0.25, 0.3) is 14.7 Å². The molecule has 0 aromatic heterocycles. The summed E-state index contributed by atoms with van der Waals surface area (Å²) in [4.78, 5) is 9.43. The topological polar surface area (TPSA) is 86.5 Å². The number of hydrogen-bond acceptors (Lipinski definition) is 5. The Morgan fingerprint density at radius 1 is 1.50 bits per heavy atom. The minimum Gasteiger partial charge on any atom is -0.495 e. The molecule has 6 nitrogen and oxygen atoms in total. The lowest BCUT2D eigenvalue weighted by molar-refractivity contribution is -0.385. The summed E-state index contributed by atoms with van der Waals surface area (Å²) in [6, 6.07) is 2.01. The molecule has 0 fully saturated rings. The molecule has 0 heterocycles. The Morgan fingerprint density at radius 3 is 2.44 bits per heavy atom. The third kappa shape index (κ3) is 2.63. The van der Waals surface area contributed by atoms with Gasteiger partial charge in [0.1, 0.15) is 10.6 Å². The normalized spacial score (nSPS) is 11.2. The summed E-state index contributed by atoms with van der Waals surface area (Å²) in [6.07, 6.45) is 0. The molecule has 1 aromatic carbocycles. The summed E-state index contributed by atoms with van der Waals surface area (Å²) in [5, 5.41) is 10.6. The zero-order valence-corrected chi connectivity index (χ0v) is 11.0. The van der Waals surface area contributed by atoms with Crippen LogP contribution < -0.4 is 4.74 Å². The smallest absolute Gasteiger partial charge is 0.285 e. The molecular formula is C7H5BrClNO5S. The zero-order chi connectivity index (χ0) is 12.5. The van der Waals surface area contributed by atoms with Crippen molar-refractivity contribution in [2.75, 3.05) is 7.11 Å². The highest BCUT2D eigenvalue weighted by Crippen LogP contribution is 2.36. The van der Waals surface area contributed by atoms with Gasteiger partial charge < -0.3 is 4.74 Å². The largest absolute Gasteiger partial charge is 0.495 e. The number of hydrogen-bond donors (Lipinski definition) is 0. The van der Waals surface area contributed by atoms with Crippen LogP contribution in [-0.4, -0.2) is 20.5 Å². The van der Waals surface area contributed by atoms with Gasteiger partial charge in [-0.15, -0.1) is 0 Å². The average Bonchev–Trinajstić information content (AvgIpc) is 2.14. The van der Waals surface area contributed by atoms with E-state index in [0.717, 1.165) is 6.07 Å². The highest BCUT2D eigenvalue weighted by molar-refractivity contribution is 9.10. The minimum absolute atomic E-state index is 0.0625. The Morgan fingerprint density at radius 2 is 2.06 bits per heavy atom. The summed E-state index contributed by atoms with van der Waals surface area (Å²) in [5.74, 6) is -0.0625. The molecule has 88 valence electrons. The van der Waals surface area contributed by atoms with E-state index in [1.54, 1.807) is 0 Å². The fourth-order valence-electron chi connectivity index (χ4n) is 1.01. The van der Waals surface area contributed by atoms with Crippen LogP contribution in [0.1, 0.15) is 0 Å². The van der Waals surface area contributed by atoms with E-state index in [4.69, 9.17) is 15.4 Å². The summed E-state index contributed by atoms with van der Waals surface area (Å²) < 4.78 is 27.2. The first kappa shape index (κ1) is 13.2. The quantitative estimate of drug-likeness (QED) is 0.482. The first-order valence-electron chi connectivity index (χ1n) is 3.74. The summed E-state index contributed by atoms with van der Waals surface area (Å²) in [6.45, 7) is 0. The first-order chi connectivity index (χ1) is 7.27. The summed E-state index contributed by atoms with van der Waals surface area (Å²) in [7, 11) is 2.26. The van der Waals surface area contributed by atoms with Crippen LogP contribution in [0.15, 0.2) is 21.5 Å². The molecule has 0 aliphatic heterocycles. The molecule has 0 saturated heterocycles. The van der Waals surface area contributed by atoms with E-state index >= 15 is 0 Å². The lowest BCUT2D eigenvalue weighted by Crippen LogP contribution is -1.99. The number of nitro groups is 1. The molecule has 0 unspecified atom stereocenters. The van der Waals surface area contributed by atoms with E-state index in [1.165, 1.54) is 13.2 Å². The van der Waals surface area contributed by atoms with Crippen molar-refractivity contribution in [1.29, 1.82) is 0 Å². The van der Waals surface area contributed by atoms with E-state index in [-0.39, 0.29) is 10.2 Å². The molecule has 1 rings (SSSR count). The average molecular weight is 331 g/mol. The maximum atomic E-state index is 11.1. The van der Waals surface area contributed by atoms with Crippen molar-refractivity contribution in [3.05, 3.63) is 26.7 Å². The molecule has 0 atom stereocenters. The summed E-state index contributed by atoms with van der Waals surface area (Å²) >= 11 is 2.93. The Bertz CT molecular complexity index is 544. The van der Waals surface area contributed by atoms with Crippen molar-refractivity contribution in [3.8, 4) is 5.75 Å².